The summed E-state index contributed by atoms with van der Waals surface area (Å²) in [6.07, 6.45) is 0. The molecule has 0 aliphatic rings. The van der Waals surface area contributed by atoms with Crippen LogP contribution in [0.5, 0.6) is 0 Å². The molecule has 0 radical (unpaired) electrons. The standard InChI is InChI=1S/C21H18N4O2/c1-13-12-16(20(22)24-26)10-11-17(13)14-6-8-15(9-7-14)21-23-18-4-2-3-5-19(18)25(21)27/h2-12,26-27H,1H3,(H2,22,24). The van der Waals surface area contributed by atoms with Gasteiger partial charge >= 0.3 is 0 Å². The summed E-state index contributed by atoms with van der Waals surface area (Å²) in [6.45, 7) is 1.98. The van der Waals surface area contributed by atoms with Gasteiger partial charge in [-0.15, -0.1) is 0 Å². The summed E-state index contributed by atoms with van der Waals surface area (Å²) in [5, 5.41) is 22.2. The average Bonchev–Trinajstić information content (AvgIpc) is 3.04. The van der Waals surface area contributed by atoms with Gasteiger partial charge in [-0.1, -0.05) is 53.7 Å². The number of oxime groups is 1. The Morgan fingerprint density at radius 2 is 1.70 bits per heavy atom. The normalized spacial score (nSPS) is 11.8. The Labute approximate surface area is 155 Å². The van der Waals surface area contributed by atoms with E-state index in [1.807, 2.05) is 73.7 Å². The van der Waals surface area contributed by atoms with Crippen molar-refractivity contribution >= 4 is 16.9 Å². The number of hydrogen-bond donors (Lipinski definition) is 3. The Bertz CT molecular complexity index is 1160. The van der Waals surface area contributed by atoms with Gasteiger partial charge in [0.15, 0.2) is 11.7 Å². The number of rotatable bonds is 3. The number of hydrogen-bond acceptors (Lipinski definition) is 4. The van der Waals surface area contributed by atoms with Crippen molar-refractivity contribution in [2.45, 2.75) is 6.92 Å². The van der Waals surface area contributed by atoms with Gasteiger partial charge in [0, 0.05) is 11.1 Å². The Kier molecular flexibility index (Phi) is 4.01. The Morgan fingerprint density at radius 3 is 2.37 bits per heavy atom. The van der Waals surface area contributed by atoms with E-state index in [0.717, 1.165) is 32.5 Å². The largest absolute Gasteiger partial charge is 0.426 e. The van der Waals surface area contributed by atoms with Crippen LogP contribution in [0.15, 0.2) is 71.9 Å². The Morgan fingerprint density at radius 1 is 1.00 bits per heavy atom. The molecule has 134 valence electrons. The molecule has 0 aliphatic carbocycles. The second-order valence-corrected chi connectivity index (χ2v) is 6.33. The first kappa shape index (κ1) is 16.7. The lowest BCUT2D eigenvalue weighted by Crippen LogP contribution is -2.13. The summed E-state index contributed by atoms with van der Waals surface area (Å²) in [6, 6.07) is 20.9. The number of imidazole rings is 1. The molecule has 27 heavy (non-hydrogen) atoms. The quantitative estimate of drug-likeness (QED) is 0.169. The third kappa shape index (κ3) is 2.87. The molecule has 0 unspecified atom stereocenters. The Balaban J connectivity index is 1.71. The van der Waals surface area contributed by atoms with Crippen LogP contribution in [-0.4, -0.2) is 26.0 Å². The molecule has 0 saturated heterocycles. The minimum atomic E-state index is 0.0850. The fraction of sp³-hybridized carbons (Fsp3) is 0.0476. The van der Waals surface area contributed by atoms with Crippen molar-refractivity contribution in [3.63, 3.8) is 0 Å². The molecular formula is C21H18N4O2. The molecule has 1 heterocycles. The first-order valence-electron chi connectivity index (χ1n) is 8.44. The minimum absolute atomic E-state index is 0.0850. The van der Waals surface area contributed by atoms with Gasteiger partial charge < -0.3 is 16.1 Å². The second kappa shape index (κ2) is 6.49. The molecule has 0 saturated carbocycles. The third-order valence-corrected chi connectivity index (χ3v) is 4.62. The van der Waals surface area contributed by atoms with Crippen molar-refractivity contribution < 1.29 is 10.4 Å². The maximum absolute atomic E-state index is 10.4. The first-order chi connectivity index (χ1) is 13.1. The summed E-state index contributed by atoms with van der Waals surface area (Å²) < 4.78 is 1.11. The molecule has 6 heteroatoms. The van der Waals surface area contributed by atoms with Crippen molar-refractivity contribution in [1.29, 1.82) is 0 Å². The zero-order valence-corrected chi connectivity index (χ0v) is 14.7. The van der Waals surface area contributed by atoms with Crippen LogP contribution in [0.3, 0.4) is 0 Å². The summed E-state index contributed by atoms with van der Waals surface area (Å²) in [5.74, 6) is 0.587. The lowest BCUT2D eigenvalue weighted by Gasteiger charge is -2.09. The van der Waals surface area contributed by atoms with E-state index < -0.39 is 0 Å². The van der Waals surface area contributed by atoms with Gasteiger partial charge in [-0.2, -0.15) is 4.73 Å². The maximum atomic E-state index is 10.4. The van der Waals surface area contributed by atoms with E-state index in [-0.39, 0.29) is 5.84 Å². The van der Waals surface area contributed by atoms with Crippen LogP contribution < -0.4 is 5.73 Å². The highest BCUT2D eigenvalue weighted by Crippen LogP contribution is 2.28. The molecule has 0 aliphatic heterocycles. The van der Waals surface area contributed by atoms with Gasteiger partial charge in [-0.3, -0.25) is 0 Å². The zero-order chi connectivity index (χ0) is 19.0. The number of fused-ring (bicyclic) bond motifs is 1. The summed E-state index contributed by atoms with van der Waals surface area (Å²) in [5.41, 5.74) is 11.7. The predicted molar refractivity (Wildman–Crippen MR) is 105 cm³/mol. The minimum Gasteiger partial charge on any atom is -0.426 e. The molecule has 4 rings (SSSR count). The summed E-state index contributed by atoms with van der Waals surface area (Å²) >= 11 is 0. The van der Waals surface area contributed by atoms with E-state index in [9.17, 15) is 5.21 Å². The van der Waals surface area contributed by atoms with Crippen LogP contribution >= 0.6 is 0 Å². The van der Waals surface area contributed by atoms with Crippen molar-refractivity contribution in [2.24, 2.45) is 10.9 Å². The first-order valence-corrected chi connectivity index (χ1v) is 8.44. The number of aryl methyl sites for hydroxylation is 1. The molecular weight excluding hydrogens is 340 g/mol. The van der Waals surface area contributed by atoms with Crippen LogP contribution in [0, 0.1) is 6.92 Å². The highest BCUT2D eigenvalue weighted by Gasteiger charge is 2.12. The van der Waals surface area contributed by atoms with Crippen molar-refractivity contribution in [3.8, 4) is 22.5 Å². The van der Waals surface area contributed by atoms with Crippen LogP contribution in [0.4, 0.5) is 0 Å². The second-order valence-electron chi connectivity index (χ2n) is 6.33. The number of para-hydroxylation sites is 2. The predicted octanol–water partition coefficient (Wildman–Crippen LogP) is 4.01. The van der Waals surface area contributed by atoms with Crippen molar-refractivity contribution in [1.82, 2.24) is 9.71 Å². The van der Waals surface area contributed by atoms with E-state index in [2.05, 4.69) is 10.1 Å². The van der Waals surface area contributed by atoms with Crippen LogP contribution in [0.1, 0.15) is 11.1 Å². The van der Waals surface area contributed by atoms with Crippen LogP contribution in [0.2, 0.25) is 0 Å². The van der Waals surface area contributed by atoms with Gasteiger partial charge in [0.2, 0.25) is 0 Å². The Hall–Kier alpha value is -3.80. The molecule has 4 N–H and O–H groups in total. The molecule has 4 aromatic rings. The highest BCUT2D eigenvalue weighted by molar-refractivity contribution is 5.97. The maximum Gasteiger partial charge on any atom is 0.176 e. The van der Waals surface area contributed by atoms with Crippen LogP contribution in [0.25, 0.3) is 33.5 Å². The van der Waals surface area contributed by atoms with E-state index in [0.29, 0.717) is 16.9 Å². The molecule has 0 bridgehead atoms. The van der Waals surface area contributed by atoms with E-state index in [4.69, 9.17) is 10.9 Å². The number of aromatic nitrogens is 2. The topological polar surface area (TPSA) is 96.7 Å². The van der Waals surface area contributed by atoms with E-state index in [1.165, 1.54) is 0 Å². The number of benzene rings is 3. The fourth-order valence-corrected chi connectivity index (χ4v) is 3.20. The lowest BCUT2D eigenvalue weighted by molar-refractivity contribution is 0.203. The van der Waals surface area contributed by atoms with Gasteiger partial charge in [-0.25, -0.2) is 4.98 Å². The molecule has 3 aromatic carbocycles. The SMILES string of the molecule is Cc1cc(/C(N)=N/O)ccc1-c1ccc(-c2nc3ccccc3n2O)cc1. The summed E-state index contributed by atoms with van der Waals surface area (Å²) in [7, 11) is 0. The summed E-state index contributed by atoms with van der Waals surface area (Å²) in [4.78, 5) is 4.51. The molecule has 1 aromatic heterocycles. The third-order valence-electron chi connectivity index (χ3n) is 4.62. The van der Waals surface area contributed by atoms with Gasteiger partial charge in [0.1, 0.15) is 5.52 Å². The average molecular weight is 358 g/mol. The lowest BCUT2D eigenvalue weighted by atomic mass is 9.97. The monoisotopic (exact) mass is 358 g/mol. The highest BCUT2D eigenvalue weighted by atomic mass is 16.5. The van der Waals surface area contributed by atoms with Crippen molar-refractivity contribution in [3.05, 3.63) is 77.9 Å². The smallest absolute Gasteiger partial charge is 0.176 e. The number of nitrogens with two attached hydrogens (primary N) is 1. The zero-order valence-electron chi connectivity index (χ0n) is 14.7. The van der Waals surface area contributed by atoms with Gasteiger partial charge in [0.25, 0.3) is 0 Å². The van der Waals surface area contributed by atoms with Gasteiger partial charge in [0.05, 0.1) is 5.52 Å². The number of amidine groups is 1. The molecule has 0 spiro atoms. The van der Waals surface area contributed by atoms with Crippen molar-refractivity contribution in [2.75, 3.05) is 0 Å². The van der Waals surface area contributed by atoms with Gasteiger partial charge in [-0.05, 0) is 41.8 Å². The molecule has 0 atom stereocenters. The molecule has 0 fully saturated rings. The van der Waals surface area contributed by atoms with E-state index >= 15 is 0 Å². The molecule has 6 nitrogen and oxygen atoms in total. The number of nitrogens with zero attached hydrogens (tertiary/aromatic N) is 3. The van der Waals surface area contributed by atoms with Crippen LogP contribution in [-0.2, 0) is 0 Å². The fourth-order valence-electron chi connectivity index (χ4n) is 3.20. The van der Waals surface area contributed by atoms with E-state index in [1.54, 1.807) is 0 Å². The molecule has 0 amide bonds.